The lowest BCUT2D eigenvalue weighted by Crippen LogP contribution is -2.36. The molecule has 1 rings (SSSR count). The van der Waals surface area contributed by atoms with Gasteiger partial charge in [-0.3, -0.25) is 0 Å². The third-order valence-corrected chi connectivity index (χ3v) is 3.46. The molecule has 0 heterocycles. The number of methoxy groups -OCH3 is 1. The molecule has 0 spiro atoms. The number of hydrogen-bond acceptors (Lipinski definition) is 3. The van der Waals surface area contributed by atoms with Crippen molar-refractivity contribution < 1.29 is 4.74 Å². The monoisotopic (exact) mass is 214 g/mol. The summed E-state index contributed by atoms with van der Waals surface area (Å²) >= 11 is 0. The lowest BCUT2D eigenvalue weighted by atomic mass is 10.0. The first-order chi connectivity index (χ1) is 7.27. The molecule has 0 saturated heterocycles. The molecule has 0 radical (unpaired) electrons. The van der Waals surface area contributed by atoms with E-state index in [-0.39, 0.29) is 0 Å². The third kappa shape index (κ3) is 4.49. The van der Waals surface area contributed by atoms with Crippen LogP contribution in [0.25, 0.3) is 0 Å². The quantitative estimate of drug-likeness (QED) is 0.647. The van der Waals surface area contributed by atoms with Crippen molar-refractivity contribution in [3.05, 3.63) is 0 Å². The summed E-state index contributed by atoms with van der Waals surface area (Å²) in [6, 6.07) is 0.745. The van der Waals surface area contributed by atoms with Crippen molar-refractivity contribution in [2.75, 3.05) is 40.9 Å². The van der Waals surface area contributed by atoms with E-state index in [4.69, 9.17) is 4.74 Å². The molecule has 0 aliphatic heterocycles. The van der Waals surface area contributed by atoms with Crippen LogP contribution >= 0.6 is 0 Å². The van der Waals surface area contributed by atoms with Gasteiger partial charge >= 0.3 is 0 Å². The molecular formula is C12H26N2O. The van der Waals surface area contributed by atoms with E-state index in [0.29, 0.717) is 0 Å². The predicted molar refractivity (Wildman–Crippen MR) is 64.2 cm³/mol. The molecule has 0 amide bonds. The fraction of sp³-hybridized carbons (Fsp3) is 1.00. The van der Waals surface area contributed by atoms with Gasteiger partial charge in [0.05, 0.1) is 0 Å². The Bertz CT molecular complexity index is 164. The number of rotatable bonds is 7. The lowest BCUT2D eigenvalue weighted by Gasteiger charge is -2.25. The number of nitrogens with one attached hydrogen (secondary N) is 1. The van der Waals surface area contributed by atoms with Crippen LogP contribution in [0.15, 0.2) is 0 Å². The second-order valence-electron chi connectivity index (χ2n) is 4.69. The molecule has 15 heavy (non-hydrogen) atoms. The Morgan fingerprint density at radius 2 is 2.20 bits per heavy atom. The van der Waals surface area contributed by atoms with Crippen LogP contribution in [0.2, 0.25) is 0 Å². The molecule has 0 aromatic rings. The Kier molecular flexibility index (Phi) is 6.22. The normalized spacial score (nSPS) is 26.4. The van der Waals surface area contributed by atoms with E-state index in [9.17, 15) is 0 Å². The van der Waals surface area contributed by atoms with Gasteiger partial charge in [-0.25, -0.2) is 0 Å². The maximum atomic E-state index is 5.07. The molecule has 2 unspecified atom stereocenters. The number of nitrogens with zero attached hydrogens (tertiary/aromatic N) is 1. The topological polar surface area (TPSA) is 24.5 Å². The van der Waals surface area contributed by atoms with Gasteiger partial charge in [-0.05, 0) is 39.3 Å². The zero-order valence-corrected chi connectivity index (χ0v) is 10.5. The smallest absolute Gasteiger partial charge is 0.0474 e. The van der Waals surface area contributed by atoms with Crippen molar-refractivity contribution in [1.82, 2.24) is 10.2 Å². The Morgan fingerprint density at radius 1 is 1.40 bits per heavy atom. The maximum Gasteiger partial charge on any atom is 0.0474 e. The van der Waals surface area contributed by atoms with Gasteiger partial charge in [-0.15, -0.1) is 0 Å². The molecular weight excluding hydrogens is 188 g/mol. The van der Waals surface area contributed by atoms with Crippen LogP contribution < -0.4 is 5.32 Å². The summed E-state index contributed by atoms with van der Waals surface area (Å²) in [5.41, 5.74) is 0. The maximum absolute atomic E-state index is 5.07. The van der Waals surface area contributed by atoms with E-state index in [1.165, 1.54) is 25.8 Å². The first-order valence-electron chi connectivity index (χ1n) is 6.12. The summed E-state index contributed by atoms with van der Waals surface area (Å²) in [5.74, 6) is 0.850. The third-order valence-electron chi connectivity index (χ3n) is 3.46. The minimum atomic E-state index is 0.745. The van der Waals surface area contributed by atoms with Gasteiger partial charge < -0.3 is 15.0 Å². The van der Waals surface area contributed by atoms with Crippen LogP contribution in [0.5, 0.6) is 0 Å². The summed E-state index contributed by atoms with van der Waals surface area (Å²) in [5, 5.41) is 3.44. The summed E-state index contributed by atoms with van der Waals surface area (Å²) in [6.45, 7) is 3.26. The van der Waals surface area contributed by atoms with Crippen molar-refractivity contribution in [3.8, 4) is 0 Å². The molecule has 1 aliphatic carbocycles. The highest BCUT2D eigenvalue weighted by Crippen LogP contribution is 2.25. The summed E-state index contributed by atoms with van der Waals surface area (Å²) in [6.07, 6.45) is 5.28. The summed E-state index contributed by atoms with van der Waals surface area (Å²) < 4.78 is 5.07. The Balaban J connectivity index is 2.15. The first kappa shape index (κ1) is 12.9. The van der Waals surface area contributed by atoms with Crippen LogP contribution in [-0.2, 0) is 4.74 Å². The van der Waals surface area contributed by atoms with Crippen molar-refractivity contribution in [3.63, 3.8) is 0 Å². The van der Waals surface area contributed by atoms with Gasteiger partial charge in [0.15, 0.2) is 0 Å². The van der Waals surface area contributed by atoms with Crippen LogP contribution in [-0.4, -0.2) is 51.8 Å². The Morgan fingerprint density at radius 3 is 2.87 bits per heavy atom. The van der Waals surface area contributed by atoms with E-state index in [0.717, 1.165) is 31.5 Å². The van der Waals surface area contributed by atoms with Gasteiger partial charge in [-0.1, -0.05) is 6.42 Å². The standard InChI is InChI=1S/C12H26N2O/c1-13-12-7-4-6-11(12)10-14(2)8-5-9-15-3/h11-13H,4-10H2,1-3H3. The van der Waals surface area contributed by atoms with Gasteiger partial charge in [0.2, 0.25) is 0 Å². The molecule has 0 bridgehead atoms. The molecule has 3 nitrogen and oxygen atoms in total. The van der Waals surface area contributed by atoms with Gasteiger partial charge in [0, 0.05) is 32.8 Å². The molecule has 1 N–H and O–H groups in total. The minimum Gasteiger partial charge on any atom is -0.385 e. The molecule has 3 heteroatoms. The van der Waals surface area contributed by atoms with Crippen molar-refractivity contribution in [1.29, 1.82) is 0 Å². The fourth-order valence-corrected chi connectivity index (χ4v) is 2.61. The second kappa shape index (κ2) is 7.20. The van der Waals surface area contributed by atoms with Gasteiger partial charge in [-0.2, -0.15) is 0 Å². The highest BCUT2D eigenvalue weighted by atomic mass is 16.5. The SMILES string of the molecule is CNC1CCCC1CN(C)CCCOC. The Labute approximate surface area is 94.2 Å². The highest BCUT2D eigenvalue weighted by molar-refractivity contribution is 4.83. The molecule has 0 aromatic heterocycles. The summed E-state index contributed by atoms with van der Waals surface area (Å²) in [4.78, 5) is 2.44. The first-order valence-corrected chi connectivity index (χ1v) is 6.12. The van der Waals surface area contributed by atoms with Crippen LogP contribution in [0.3, 0.4) is 0 Å². The largest absolute Gasteiger partial charge is 0.385 e. The number of ether oxygens (including phenoxy) is 1. The van der Waals surface area contributed by atoms with E-state index in [2.05, 4.69) is 24.3 Å². The zero-order chi connectivity index (χ0) is 11.1. The molecule has 1 fully saturated rings. The highest BCUT2D eigenvalue weighted by Gasteiger charge is 2.26. The van der Waals surface area contributed by atoms with Crippen molar-refractivity contribution in [2.45, 2.75) is 31.7 Å². The average molecular weight is 214 g/mol. The second-order valence-corrected chi connectivity index (χ2v) is 4.69. The van der Waals surface area contributed by atoms with E-state index in [1.807, 2.05) is 0 Å². The van der Waals surface area contributed by atoms with Crippen LogP contribution in [0.4, 0.5) is 0 Å². The minimum absolute atomic E-state index is 0.745. The molecule has 90 valence electrons. The lowest BCUT2D eigenvalue weighted by molar-refractivity contribution is 0.172. The van der Waals surface area contributed by atoms with E-state index >= 15 is 0 Å². The fourth-order valence-electron chi connectivity index (χ4n) is 2.61. The van der Waals surface area contributed by atoms with Gasteiger partial charge in [0.1, 0.15) is 0 Å². The number of hydrogen-bond donors (Lipinski definition) is 1. The zero-order valence-electron chi connectivity index (χ0n) is 10.5. The van der Waals surface area contributed by atoms with Crippen molar-refractivity contribution >= 4 is 0 Å². The molecule has 0 aromatic carbocycles. The van der Waals surface area contributed by atoms with Crippen LogP contribution in [0.1, 0.15) is 25.7 Å². The molecule has 1 aliphatic rings. The van der Waals surface area contributed by atoms with E-state index < -0.39 is 0 Å². The van der Waals surface area contributed by atoms with E-state index in [1.54, 1.807) is 7.11 Å². The average Bonchev–Trinajstić information content (AvgIpc) is 2.65. The molecule has 1 saturated carbocycles. The van der Waals surface area contributed by atoms with Crippen LogP contribution in [0, 0.1) is 5.92 Å². The summed E-state index contributed by atoms with van der Waals surface area (Å²) in [7, 11) is 6.09. The van der Waals surface area contributed by atoms with Crippen molar-refractivity contribution in [2.24, 2.45) is 5.92 Å². The molecule has 2 atom stereocenters. The Hall–Kier alpha value is -0.120. The predicted octanol–water partition coefficient (Wildman–Crippen LogP) is 1.34. The van der Waals surface area contributed by atoms with Gasteiger partial charge in [0.25, 0.3) is 0 Å².